The second kappa shape index (κ2) is 6.47. The van der Waals surface area contributed by atoms with Gasteiger partial charge < -0.3 is 0 Å². The summed E-state index contributed by atoms with van der Waals surface area (Å²) in [6.45, 7) is 2.90. The second-order valence-corrected chi connectivity index (χ2v) is 6.80. The van der Waals surface area contributed by atoms with Gasteiger partial charge in [-0.3, -0.25) is 9.36 Å². The Bertz CT molecular complexity index is 1020. The highest BCUT2D eigenvalue weighted by Crippen LogP contribution is 2.29. The number of aliphatic imine (C=N–C) groups is 1. The fourth-order valence-corrected chi connectivity index (χ4v) is 3.47. The van der Waals surface area contributed by atoms with Crippen LogP contribution in [0.5, 0.6) is 0 Å². The highest BCUT2D eigenvalue weighted by atomic mass is 79.9. The van der Waals surface area contributed by atoms with Gasteiger partial charge in [0.05, 0.1) is 10.2 Å². The van der Waals surface area contributed by atoms with Crippen LogP contribution in [0.1, 0.15) is 31.7 Å². The summed E-state index contributed by atoms with van der Waals surface area (Å²) in [4.78, 5) is 25.7. The first-order valence-electron chi connectivity index (χ1n) is 8.21. The molecule has 25 heavy (non-hydrogen) atoms. The summed E-state index contributed by atoms with van der Waals surface area (Å²) in [5.74, 6) is 1.61. The van der Waals surface area contributed by atoms with E-state index in [4.69, 9.17) is 0 Å². The molecule has 9 heteroatoms. The largest absolute Gasteiger partial charge is 0.294 e. The second-order valence-electron chi connectivity index (χ2n) is 5.88. The van der Waals surface area contributed by atoms with E-state index in [-0.39, 0.29) is 5.56 Å². The molecule has 0 aromatic carbocycles. The third-order valence-corrected chi connectivity index (χ3v) is 4.68. The number of fused-ring (bicyclic) bond motifs is 2. The average Bonchev–Trinajstić information content (AvgIpc) is 3.23. The van der Waals surface area contributed by atoms with Crippen LogP contribution in [-0.2, 0) is 13.0 Å². The summed E-state index contributed by atoms with van der Waals surface area (Å²) in [5.41, 5.74) is 1.08. The van der Waals surface area contributed by atoms with Gasteiger partial charge in [-0.05, 0) is 28.4 Å². The van der Waals surface area contributed by atoms with Crippen LogP contribution in [0.2, 0.25) is 0 Å². The lowest BCUT2D eigenvalue weighted by Gasteiger charge is -2.12. The van der Waals surface area contributed by atoms with Crippen molar-refractivity contribution in [2.45, 2.75) is 39.2 Å². The maximum absolute atomic E-state index is 13.0. The van der Waals surface area contributed by atoms with Crippen LogP contribution < -0.4 is 5.56 Å². The molecule has 0 aliphatic carbocycles. The van der Waals surface area contributed by atoms with E-state index < -0.39 is 0 Å². The quantitative estimate of drug-likeness (QED) is 0.612. The predicted octanol–water partition coefficient (Wildman–Crippen LogP) is 2.52. The molecule has 3 aromatic rings. The van der Waals surface area contributed by atoms with Crippen molar-refractivity contribution in [1.29, 1.82) is 0 Å². The minimum Gasteiger partial charge on any atom is -0.294 e. The lowest BCUT2D eigenvalue weighted by Crippen LogP contribution is -2.23. The van der Waals surface area contributed by atoms with E-state index in [1.807, 2.05) is 4.57 Å². The third-order valence-electron chi connectivity index (χ3n) is 4.22. The molecule has 0 atom stereocenters. The Morgan fingerprint density at radius 2 is 2.16 bits per heavy atom. The van der Waals surface area contributed by atoms with Crippen molar-refractivity contribution in [1.82, 2.24) is 29.1 Å². The fraction of sp³-hybridized carbons (Fsp3) is 0.375. The van der Waals surface area contributed by atoms with E-state index >= 15 is 0 Å². The number of rotatable bonds is 5. The first-order chi connectivity index (χ1) is 12.2. The van der Waals surface area contributed by atoms with Crippen molar-refractivity contribution < 1.29 is 0 Å². The average molecular weight is 402 g/mol. The zero-order valence-electron chi connectivity index (χ0n) is 13.7. The Morgan fingerprint density at radius 3 is 2.92 bits per heavy atom. The topological polar surface area (TPSA) is 90.3 Å². The van der Waals surface area contributed by atoms with Crippen LogP contribution in [0.4, 0.5) is 5.82 Å². The molecule has 0 saturated carbocycles. The molecule has 3 aromatic heterocycles. The van der Waals surface area contributed by atoms with E-state index in [9.17, 15) is 4.79 Å². The van der Waals surface area contributed by atoms with E-state index in [0.29, 0.717) is 35.1 Å². The summed E-state index contributed by atoms with van der Waals surface area (Å²) in [6.07, 6.45) is 6.75. The molecule has 0 radical (unpaired) electrons. The van der Waals surface area contributed by atoms with Gasteiger partial charge in [-0.25, -0.2) is 19.4 Å². The Kier molecular flexibility index (Phi) is 4.16. The van der Waals surface area contributed by atoms with Gasteiger partial charge >= 0.3 is 0 Å². The first kappa shape index (κ1) is 16.1. The van der Waals surface area contributed by atoms with Gasteiger partial charge in [0.2, 0.25) is 5.78 Å². The molecule has 0 N–H and O–H groups in total. The Hall–Kier alpha value is -2.42. The molecule has 4 heterocycles. The lowest BCUT2D eigenvalue weighted by molar-refractivity contribution is 0.603. The fourth-order valence-electron chi connectivity index (χ4n) is 3.02. The van der Waals surface area contributed by atoms with Crippen LogP contribution in [0, 0.1) is 0 Å². The normalized spacial score (nSPS) is 13.3. The molecule has 128 valence electrons. The van der Waals surface area contributed by atoms with Gasteiger partial charge in [-0.15, -0.1) is 10.2 Å². The van der Waals surface area contributed by atoms with Crippen LogP contribution >= 0.6 is 15.9 Å². The molecule has 4 rings (SSSR count). The summed E-state index contributed by atoms with van der Waals surface area (Å²) in [7, 11) is 0. The molecule has 0 spiro atoms. The number of unbranched alkanes of at least 4 members (excludes halogenated alkanes) is 2. The molecule has 0 amide bonds. The molecule has 1 aliphatic heterocycles. The molecule has 1 aliphatic rings. The highest BCUT2D eigenvalue weighted by Gasteiger charge is 2.26. The van der Waals surface area contributed by atoms with Crippen molar-refractivity contribution in [3.05, 3.63) is 34.5 Å². The van der Waals surface area contributed by atoms with Crippen LogP contribution in [0.15, 0.2) is 28.4 Å². The SMILES string of the molecule is CCCCCn1c2c(c(=O)n3c(-c4ccncn4)nnc13)CC(Br)=N2. The van der Waals surface area contributed by atoms with Gasteiger partial charge in [0, 0.05) is 19.2 Å². The molecule has 0 fully saturated rings. The van der Waals surface area contributed by atoms with Gasteiger partial charge in [0.15, 0.2) is 5.82 Å². The van der Waals surface area contributed by atoms with Gasteiger partial charge in [0.1, 0.15) is 17.8 Å². The van der Waals surface area contributed by atoms with Crippen LogP contribution in [0.25, 0.3) is 17.3 Å². The minimum atomic E-state index is -0.145. The molecule has 0 bridgehead atoms. The van der Waals surface area contributed by atoms with Crippen molar-refractivity contribution >= 4 is 32.1 Å². The minimum absolute atomic E-state index is 0.145. The Labute approximate surface area is 151 Å². The van der Waals surface area contributed by atoms with Crippen molar-refractivity contribution in [2.24, 2.45) is 4.99 Å². The first-order valence-corrected chi connectivity index (χ1v) is 9.00. The maximum atomic E-state index is 13.0. The Balaban J connectivity index is 1.96. The summed E-state index contributed by atoms with van der Waals surface area (Å²) >= 11 is 3.43. The Morgan fingerprint density at radius 1 is 1.28 bits per heavy atom. The van der Waals surface area contributed by atoms with Crippen LogP contribution in [0.3, 0.4) is 0 Å². The number of hydrogen-bond donors (Lipinski definition) is 0. The zero-order chi connectivity index (χ0) is 17.4. The van der Waals surface area contributed by atoms with Crippen molar-refractivity contribution in [2.75, 3.05) is 0 Å². The van der Waals surface area contributed by atoms with Crippen molar-refractivity contribution in [3.63, 3.8) is 0 Å². The van der Waals surface area contributed by atoms with E-state index in [2.05, 4.69) is 48.0 Å². The van der Waals surface area contributed by atoms with Crippen LogP contribution in [-0.4, -0.2) is 33.8 Å². The predicted molar refractivity (Wildman–Crippen MR) is 97.5 cm³/mol. The lowest BCUT2D eigenvalue weighted by atomic mass is 10.2. The van der Waals surface area contributed by atoms with E-state index in [1.165, 1.54) is 10.7 Å². The number of hydrogen-bond acceptors (Lipinski definition) is 6. The number of aromatic nitrogens is 6. The molecule has 0 unspecified atom stereocenters. The number of aryl methyl sites for hydroxylation is 1. The van der Waals surface area contributed by atoms with Gasteiger partial charge in [-0.1, -0.05) is 19.8 Å². The molecular formula is C16H16BrN7O. The summed E-state index contributed by atoms with van der Waals surface area (Å²) in [6, 6.07) is 1.72. The van der Waals surface area contributed by atoms with E-state index in [0.717, 1.165) is 30.4 Å². The zero-order valence-corrected chi connectivity index (χ0v) is 15.3. The van der Waals surface area contributed by atoms with Crippen molar-refractivity contribution in [3.8, 4) is 11.5 Å². The molecular weight excluding hydrogens is 386 g/mol. The van der Waals surface area contributed by atoms with Gasteiger partial charge in [-0.2, -0.15) is 0 Å². The molecule has 0 saturated heterocycles. The smallest absolute Gasteiger partial charge is 0.266 e. The maximum Gasteiger partial charge on any atom is 0.266 e. The summed E-state index contributed by atoms with van der Waals surface area (Å²) < 4.78 is 4.28. The highest BCUT2D eigenvalue weighted by molar-refractivity contribution is 9.18. The van der Waals surface area contributed by atoms with E-state index in [1.54, 1.807) is 12.3 Å². The monoisotopic (exact) mass is 401 g/mol. The van der Waals surface area contributed by atoms with Gasteiger partial charge in [0.25, 0.3) is 5.56 Å². The summed E-state index contributed by atoms with van der Waals surface area (Å²) in [5, 5.41) is 8.48. The third kappa shape index (κ3) is 2.68. The molecule has 8 nitrogen and oxygen atoms in total. The number of halogens is 1. The standard InChI is InChI=1S/C16H16BrN7O/c1-2-3-4-7-23-13-10(8-12(17)20-13)15(25)24-14(21-22-16(23)24)11-5-6-18-9-19-11/h5-6,9H,2-4,7-8H2,1H3. The number of nitrogens with zero attached hydrogens (tertiary/aromatic N) is 7.